The number of benzene rings is 3. The van der Waals surface area contributed by atoms with E-state index in [0.29, 0.717) is 16.5 Å². The van der Waals surface area contributed by atoms with Gasteiger partial charge in [-0.05, 0) is 43.7 Å². The minimum atomic E-state index is -4.53. The van der Waals surface area contributed by atoms with Crippen LogP contribution in [-0.2, 0) is 12.1 Å². The van der Waals surface area contributed by atoms with Gasteiger partial charge in [0.15, 0.2) is 0 Å². The SMILES string of the molecule is Cc1ccc(C(F)(F)CN(C)C(=O)c2c(Sc3cccc(C(F)(F)F)c3)cnc3ccccc23)c(C)c1. The molecule has 37 heavy (non-hydrogen) atoms. The highest BCUT2D eigenvalue weighted by atomic mass is 32.2. The molecule has 0 unspecified atom stereocenters. The summed E-state index contributed by atoms with van der Waals surface area (Å²) in [6, 6.07) is 16.0. The predicted octanol–water partition coefficient (Wildman–Crippen LogP) is 7.89. The molecular formula is C28H23F5N2OS. The van der Waals surface area contributed by atoms with Crippen molar-refractivity contribution in [2.45, 2.75) is 35.7 Å². The molecule has 192 valence electrons. The van der Waals surface area contributed by atoms with Crippen LogP contribution in [0.3, 0.4) is 0 Å². The Bertz CT molecular complexity index is 1470. The molecule has 0 radical (unpaired) electrons. The van der Waals surface area contributed by atoms with Crippen molar-refractivity contribution in [3.63, 3.8) is 0 Å². The van der Waals surface area contributed by atoms with Crippen molar-refractivity contribution in [1.82, 2.24) is 9.88 Å². The van der Waals surface area contributed by atoms with Crippen LogP contribution in [0.5, 0.6) is 0 Å². The second-order valence-corrected chi connectivity index (χ2v) is 9.94. The summed E-state index contributed by atoms with van der Waals surface area (Å²) in [6.07, 6.45) is -3.15. The van der Waals surface area contributed by atoms with Gasteiger partial charge in [0.2, 0.25) is 0 Å². The van der Waals surface area contributed by atoms with E-state index in [9.17, 15) is 18.0 Å². The number of likely N-dealkylation sites (N-methyl/N-ethyl adjacent to an activating group) is 1. The van der Waals surface area contributed by atoms with E-state index in [2.05, 4.69) is 4.98 Å². The number of pyridine rings is 1. The largest absolute Gasteiger partial charge is 0.416 e. The summed E-state index contributed by atoms with van der Waals surface area (Å²) >= 11 is 0.926. The smallest absolute Gasteiger partial charge is 0.335 e. The zero-order chi connectivity index (χ0) is 27.0. The van der Waals surface area contributed by atoms with Crippen molar-refractivity contribution in [3.8, 4) is 0 Å². The van der Waals surface area contributed by atoms with E-state index in [1.165, 1.54) is 31.4 Å². The van der Waals surface area contributed by atoms with Gasteiger partial charge < -0.3 is 4.90 Å². The molecule has 0 fully saturated rings. The van der Waals surface area contributed by atoms with E-state index >= 15 is 8.78 Å². The minimum Gasteiger partial charge on any atom is -0.335 e. The lowest BCUT2D eigenvalue weighted by Gasteiger charge is -2.26. The summed E-state index contributed by atoms with van der Waals surface area (Å²) in [4.78, 5) is 19.4. The average Bonchev–Trinajstić information content (AvgIpc) is 2.82. The highest BCUT2D eigenvalue weighted by Crippen LogP contribution is 2.38. The topological polar surface area (TPSA) is 33.2 Å². The van der Waals surface area contributed by atoms with E-state index in [1.54, 1.807) is 43.3 Å². The third-order valence-electron chi connectivity index (χ3n) is 5.90. The van der Waals surface area contributed by atoms with Crippen LogP contribution < -0.4 is 0 Å². The van der Waals surface area contributed by atoms with Crippen molar-refractivity contribution in [3.05, 3.63) is 101 Å². The van der Waals surface area contributed by atoms with Gasteiger partial charge >= 0.3 is 6.18 Å². The molecule has 1 heterocycles. The van der Waals surface area contributed by atoms with Crippen molar-refractivity contribution in [2.75, 3.05) is 13.6 Å². The van der Waals surface area contributed by atoms with Crippen LogP contribution >= 0.6 is 11.8 Å². The van der Waals surface area contributed by atoms with Crippen molar-refractivity contribution < 1.29 is 26.7 Å². The fraction of sp³-hybridized carbons (Fsp3) is 0.214. The maximum Gasteiger partial charge on any atom is 0.416 e. The van der Waals surface area contributed by atoms with E-state index < -0.39 is 30.1 Å². The number of nitrogens with zero attached hydrogens (tertiary/aromatic N) is 2. The zero-order valence-electron chi connectivity index (χ0n) is 20.2. The lowest BCUT2D eigenvalue weighted by molar-refractivity contribution is -0.137. The first kappa shape index (κ1) is 26.6. The Morgan fingerprint density at radius 1 is 0.946 bits per heavy atom. The molecule has 4 aromatic rings. The Morgan fingerprint density at radius 3 is 2.38 bits per heavy atom. The molecule has 1 aromatic heterocycles. The van der Waals surface area contributed by atoms with E-state index in [0.717, 1.165) is 34.4 Å². The summed E-state index contributed by atoms with van der Waals surface area (Å²) in [5.74, 6) is -4.00. The van der Waals surface area contributed by atoms with Gasteiger partial charge in [0, 0.05) is 34.0 Å². The number of halogens is 5. The van der Waals surface area contributed by atoms with Crippen LogP contribution in [0.15, 0.2) is 82.7 Å². The van der Waals surface area contributed by atoms with Gasteiger partial charge in [-0.2, -0.15) is 22.0 Å². The standard InChI is InChI=1S/C28H23F5N2OS/c1-17-11-12-22(18(2)13-17)27(29,30)16-35(3)26(36)25-21-9-4-5-10-23(21)34-15-24(25)37-20-8-6-7-19(14-20)28(31,32)33/h4-15H,16H2,1-3H3. The monoisotopic (exact) mass is 530 g/mol. The Hall–Kier alpha value is -3.46. The molecule has 0 aliphatic heterocycles. The van der Waals surface area contributed by atoms with Gasteiger partial charge in [-0.25, -0.2) is 0 Å². The number of carbonyl (C=O) groups excluding carboxylic acids is 1. The number of rotatable bonds is 6. The lowest BCUT2D eigenvalue weighted by Crippen LogP contribution is -2.37. The molecule has 0 atom stereocenters. The summed E-state index contributed by atoms with van der Waals surface area (Å²) in [6.45, 7) is 2.53. The maximum atomic E-state index is 15.3. The average molecular weight is 531 g/mol. The Labute approximate surface area is 215 Å². The van der Waals surface area contributed by atoms with Gasteiger partial charge in [0.1, 0.15) is 0 Å². The van der Waals surface area contributed by atoms with Gasteiger partial charge in [-0.1, -0.05) is 59.8 Å². The molecule has 1 amide bonds. The molecule has 0 saturated heterocycles. The molecule has 4 rings (SSSR count). The van der Waals surface area contributed by atoms with E-state index in [1.807, 2.05) is 6.92 Å². The molecule has 0 bridgehead atoms. The molecule has 9 heteroatoms. The highest BCUT2D eigenvalue weighted by molar-refractivity contribution is 7.99. The molecule has 0 aliphatic rings. The van der Waals surface area contributed by atoms with Crippen LogP contribution in [0.25, 0.3) is 10.9 Å². The Balaban J connectivity index is 1.72. The van der Waals surface area contributed by atoms with Crippen LogP contribution in [0, 0.1) is 13.8 Å². The van der Waals surface area contributed by atoms with Gasteiger partial charge in [0.05, 0.1) is 23.2 Å². The summed E-state index contributed by atoms with van der Waals surface area (Å²) in [5.41, 5.74) is 0.836. The first-order valence-electron chi connectivity index (χ1n) is 11.3. The summed E-state index contributed by atoms with van der Waals surface area (Å²) in [5, 5.41) is 0.422. The number of alkyl halides is 5. The number of para-hydroxylation sites is 1. The maximum absolute atomic E-state index is 15.3. The van der Waals surface area contributed by atoms with E-state index in [4.69, 9.17) is 0 Å². The van der Waals surface area contributed by atoms with Gasteiger partial charge in [0.25, 0.3) is 11.8 Å². The predicted molar refractivity (Wildman–Crippen MR) is 134 cm³/mol. The van der Waals surface area contributed by atoms with Crippen molar-refractivity contribution in [2.24, 2.45) is 0 Å². The number of hydrogen-bond donors (Lipinski definition) is 0. The second kappa shape index (κ2) is 10.1. The van der Waals surface area contributed by atoms with Crippen molar-refractivity contribution in [1.29, 1.82) is 0 Å². The van der Waals surface area contributed by atoms with Gasteiger partial charge in [-0.15, -0.1) is 0 Å². The third kappa shape index (κ3) is 5.77. The number of fused-ring (bicyclic) bond motifs is 1. The number of aryl methyl sites for hydroxylation is 2. The first-order chi connectivity index (χ1) is 17.4. The number of carbonyl (C=O) groups is 1. The quantitative estimate of drug-likeness (QED) is 0.238. The fourth-order valence-electron chi connectivity index (χ4n) is 4.15. The number of amides is 1. The molecular weight excluding hydrogens is 507 g/mol. The molecule has 3 nitrogen and oxygen atoms in total. The first-order valence-corrected chi connectivity index (χ1v) is 12.1. The number of hydrogen-bond acceptors (Lipinski definition) is 3. The van der Waals surface area contributed by atoms with Crippen LogP contribution in [0.4, 0.5) is 22.0 Å². The second-order valence-electron chi connectivity index (χ2n) is 8.83. The molecule has 3 aromatic carbocycles. The Kier molecular flexibility index (Phi) is 7.28. The van der Waals surface area contributed by atoms with Crippen molar-refractivity contribution >= 4 is 28.6 Å². The third-order valence-corrected chi connectivity index (χ3v) is 6.92. The molecule has 0 aliphatic carbocycles. The van der Waals surface area contributed by atoms with Crippen LogP contribution in [0.1, 0.15) is 32.6 Å². The fourth-order valence-corrected chi connectivity index (χ4v) is 5.14. The van der Waals surface area contributed by atoms with Crippen LogP contribution in [0.2, 0.25) is 0 Å². The molecule has 0 spiro atoms. The zero-order valence-corrected chi connectivity index (χ0v) is 21.1. The molecule has 0 N–H and O–H groups in total. The minimum absolute atomic E-state index is 0.104. The van der Waals surface area contributed by atoms with Gasteiger partial charge in [-0.3, -0.25) is 9.78 Å². The summed E-state index contributed by atoms with van der Waals surface area (Å²) in [7, 11) is 1.29. The normalized spacial score (nSPS) is 12.1. The molecule has 0 saturated carbocycles. The highest BCUT2D eigenvalue weighted by Gasteiger charge is 2.37. The van der Waals surface area contributed by atoms with Crippen LogP contribution in [-0.4, -0.2) is 29.4 Å². The van der Waals surface area contributed by atoms with E-state index in [-0.39, 0.29) is 20.9 Å². The number of aromatic nitrogens is 1. The summed E-state index contributed by atoms with van der Waals surface area (Å²) < 4.78 is 70.2. The lowest BCUT2D eigenvalue weighted by atomic mass is 9.99. The Morgan fingerprint density at radius 2 is 1.68 bits per heavy atom.